The van der Waals surface area contributed by atoms with Crippen LogP contribution in [0, 0.1) is 5.82 Å². The van der Waals surface area contributed by atoms with Gasteiger partial charge in [0.1, 0.15) is 5.82 Å². The number of halogens is 1. The Morgan fingerprint density at radius 3 is 2.56 bits per heavy atom. The van der Waals surface area contributed by atoms with E-state index in [1.165, 1.54) is 6.07 Å². The van der Waals surface area contributed by atoms with E-state index in [2.05, 4.69) is 6.08 Å². The van der Waals surface area contributed by atoms with Gasteiger partial charge in [0, 0.05) is 18.6 Å². The van der Waals surface area contributed by atoms with Gasteiger partial charge in [-0.15, -0.1) is 0 Å². The summed E-state index contributed by atoms with van der Waals surface area (Å²) >= 11 is 0. The molecule has 0 radical (unpaired) electrons. The van der Waals surface area contributed by atoms with Gasteiger partial charge < -0.3 is 4.74 Å². The predicted molar refractivity (Wildman–Crippen MR) is 62.9 cm³/mol. The molecule has 0 spiro atoms. The molecule has 86 valence electrons. The number of benzene rings is 1. The summed E-state index contributed by atoms with van der Waals surface area (Å²) in [4.78, 5) is 0. The van der Waals surface area contributed by atoms with Crippen molar-refractivity contribution in [3.8, 4) is 0 Å². The van der Waals surface area contributed by atoms with Crippen molar-refractivity contribution in [1.82, 2.24) is 0 Å². The Morgan fingerprint density at radius 2 is 1.94 bits per heavy atom. The number of hydrogen-bond donors (Lipinski definition) is 0. The van der Waals surface area contributed by atoms with E-state index < -0.39 is 0 Å². The molecule has 1 aliphatic rings. The molecule has 0 aliphatic carbocycles. The predicted octanol–water partition coefficient (Wildman–Crippen LogP) is 3.45. The van der Waals surface area contributed by atoms with Crippen LogP contribution in [0.2, 0.25) is 0 Å². The highest BCUT2D eigenvalue weighted by Gasteiger charge is 2.33. The van der Waals surface area contributed by atoms with Crippen LogP contribution in [0.3, 0.4) is 0 Å². The van der Waals surface area contributed by atoms with Crippen LogP contribution in [0.25, 0.3) is 0 Å². The quantitative estimate of drug-likeness (QED) is 0.694. The van der Waals surface area contributed by atoms with E-state index in [1.807, 2.05) is 25.1 Å². The minimum atomic E-state index is -0.168. The van der Waals surface area contributed by atoms with Crippen LogP contribution in [-0.2, 0) is 10.2 Å². The second kappa shape index (κ2) is 4.79. The zero-order valence-corrected chi connectivity index (χ0v) is 9.58. The highest BCUT2D eigenvalue weighted by molar-refractivity contribution is 5.32. The average molecular weight is 220 g/mol. The zero-order chi connectivity index (χ0) is 11.4. The number of allylic oxidation sites excluding steroid dienone is 2. The molecular formula is C14H17FO. The minimum absolute atomic E-state index is 0.109. The van der Waals surface area contributed by atoms with Gasteiger partial charge in [0.15, 0.2) is 0 Å². The van der Waals surface area contributed by atoms with E-state index >= 15 is 0 Å². The van der Waals surface area contributed by atoms with E-state index in [-0.39, 0.29) is 11.2 Å². The third kappa shape index (κ3) is 2.03. The van der Waals surface area contributed by atoms with Crippen LogP contribution in [0.5, 0.6) is 0 Å². The van der Waals surface area contributed by atoms with Crippen LogP contribution < -0.4 is 0 Å². The third-order valence-corrected chi connectivity index (χ3v) is 3.28. The molecule has 0 unspecified atom stereocenters. The van der Waals surface area contributed by atoms with Crippen LogP contribution in [0.4, 0.5) is 4.39 Å². The SMILES string of the molecule is C/C=C/C1(c2ccccc2F)CCOCC1. The summed E-state index contributed by atoms with van der Waals surface area (Å²) in [7, 11) is 0. The van der Waals surface area contributed by atoms with Gasteiger partial charge >= 0.3 is 0 Å². The Labute approximate surface area is 95.9 Å². The Morgan fingerprint density at radius 1 is 1.25 bits per heavy atom. The summed E-state index contributed by atoms with van der Waals surface area (Å²) in [5.74, 6) is -0.109. The van der Waals surface area contributed by atoms with Gasteiger partial charge in [0.2, 0.25) is 0 Å². The highest BCUT2D eigenvalue weighted by Crippen LogP contribution is 2.37. The molecule has 1 aliphatic heterocycles. The first-order valence-corrected chi connectivity index (χ1v) is 5.75. The zero-order valence-electron chi connectivity index (χ0n) is 9.58. The van der Waals surface area contributed by atoms with E-state index in [1.54, 1.807) is 6.07 Å². The first-order chi connectivity index (χ1) is 7.78. The molecule has 16 heavy (non-hydrogen) atoms. The molecule has 1 aromatic carbocycles. The fourth-order valence-corrected chi connectivity index (χ4v) is 2.45. The van der Waals surface area contributed by atoms with Crippen molar-refractivity contribution in [1.29, 1.82) is 0 Å². The van der Waals surface area contributed by atoms with E-state index in [4.69, 9.17) is 4.74 Å². The lowest BCUT2D eigenvalue weighted by atomic mass is 9.74. The molecule has 1 aromatic rings. The largest absolute Gasteiger partial charge is 0.381 e. The normalized spacial score (nSPS) is 20.1. The molecule has 0 atom stereocenters. The first-order valence-electron chi connectivity index (χ1n) is 5.75. The summed E-state index contributed by atoms with van der Waals surface area (Å²) in [6, 6.07) is 7.07. The lowest BCUT2D eigenvalue weighted by Gasteiger charge is -2.35. The maximum atomic E-state index is 13.9. The second-order valence-electron chi connectivity index (χ2n) is 4.25. The fraction of sp³-hybridized carbons (Fsp3) is 0.429. The van der Waals surface area contributed by atoms with Gasteiger partial charge in [-0.05, 0) is 31.4 Å². The van der Waals surface area contributed by atoms with Gasteiger partial charge in [-0.1, -0.05) is 30.4 Å². The standard InChI is InChI=1S/C14H17FO/c1-2-7-14(8-10-16-11-9-14)12-5-3-4-6-13(12)15/h2-7H,8-11H2,1H3/b7-2+. The fourth-order valence-electron chi connectivity index (χ4n) is 2.45. The molecule has 0 aromatic heterocycles. The number of rotatable bonds is 2. The Kier molecular flexibility index (Phi) is 3.39. The monoisotopic (exact) mass is 220 g/mol. The Hall–Kier alpha value is -1.15. The summed E-state index contributed by atoms with van der Waals surface area (Å²) in [6.07, 6.45) is 5.85. The first kappa shape index (κ1) is 11.3. The second-order valence-corrected chi connectivity index (χ2v) is 4.25. The summed E-state index contributed by atoms with van der Waals surface area (Å²) in [5, 5.41) is 0. The molecule has 1 fully saturated rings. The Bertz CT molecular complexity index is 378. The molecule has 0 amide bonds. The summed E-state index contributed by atoms with van der Waals surface area (Å²) < 4.78 is 19.2. The van der Waals surface area contributed by atoms with Gasteiger partial charge in [-0.3, -0.25) is 0 Å². The Balaban J connectivity index is 2.42. The van der Waals surface area contributed by atoms with Crippen LogP contribution >= 0.6 is 0 Å². The van der Waals surface area contributed by atoms with Crippen LogP contribution in [0.15, 0.2) is 36.4 Å². The number of ether oxygens (including phenoxy) is 1. The van der Waals surface area contributed by atoms with Crippen molar-refractivity contribution in [2.75, 3.05) is 13.2 Å². The minimum Gasteiger partial charge on any atom is -0.381 e. The van der Waals surface area contributed by atoms with Crippen LogP contribution in [-0.4, -0.2) is 13.2 Å². The maximum absolute atomic E-state index is 13.9. The molecule has 1 saturated heterocycles. The average Bonchev–Trinajstić information content (AvgIpc) is 2.31. The molecule has 1 nitrogen and oxygen atoms in total. The molecule has 2 heteroatoms. The molecule has 1 heterocycles. The van der Waals surface area contributed by atoms with Crippen molar-refractivity contribution >= 4 is 0 Å². The van der Waals surface area contributed by atoms with Crippen molar-refractivity contribution < 1.29 is 9.13 Å². The van der Waals surface area contributed by atoms with Crippen molar-refractivity contribution in [3.05, 3.63) is 47.8 Å². The van der Waals surface area contributed by atoms with Crippen LogP contribution in [0.1, 0.15) is 25.3 Å². The smallest absolute Gasteiger partial charge is 0.127 e. The van der Waals surface area contributed by atoms with Gasteiger partial charge in [0.05, 0.1) is 0 Å². The van der Waals surface area contributed by atoms with E-state index in [9.17, 15) is 4.39 Å². The highest BCUT2D eigenvalue weighted by atomic mass is 19.1. The summed E-state index contributed by atoms with van der Waals surface area (Å²) in [6.45, 7) is 3.40. The molecule has 0 bridgehead atoms. The lowest BCUT2D eigenvalue weighted by Crippen LogP contribution is -2.32. The van der Waals surface area contributed by atoms with Gasteiger partial charge in [-0.2, -0.15) is 0 Å². The summed E-state index contributed by atoms with van der Waals surface area (Å²) in [5.41, 5.74) is 0.634. The number of hydrogen-bond acceptors (Lipinski definition) is 1. The van der Waals surface area contributed by atoms with Crippen molar-refractivity contribution in [2.24, 2.45) is 0 Å². The lowest BCUT2D eigenvalue weighted by molar-refractivity contribution is 0.0643. The molecule has 2 rings (SSSR count). The van der Waals surface area contributed by atoms with Gasteiger partial charge in [0.25, 0.3) is 0 Å². The topological polar surface area (TPSA) is 9.23 Å². The third-order valence-electron chi connectivity index (χ3n) is 3.28. The molecular weight excluding hydrogens is 203 g/mol. The van der Waals surface area contributed by atoms with Crippen molar-refractivity contribution in [3.63, 3.8) is 0 Å². The molecule has 0 saturated carbocycles. The maximum Gasteiger partial charge on any atom is 0.127 e. The molecule has 0 N–H and O–H groups in total. The van der Waals surface area contributed by atoms with E-state index in [0.29, 0.717) is 13.2 Å². The van der Waals surface area contributed by atoms with Crippen molar-refractivity contribution in [2.45, 2.75) is 25.2 Å². The van der Waals surface area contributed by atoms with Gasteiger partial charge in [-0.25, -0.2) is 4.39 Å². The van der Waals surface area contributed by atoms with E-state index in [0.717, 1.165) is 18.4 Å².